The van der Waals surface area contributed by atoms with Gasteiger partial charge in [-0.05, 0) is 38.5 Å². The van der Waals surface area contributed by atoms with Crippen LogP contribution in [0.2, 0.25) is 0 Å². The van der Waals surface area contributed by atoms with E-state index in [0.717, 1.165) is 12.1 Å². The lowest BCUT2D eigenvalue weighted by Gasteiger charge is -2.29. The van der Waals surface area contributed by atoms with Crippen LogP contribution in [0.3, 0.4) is 0 Å². The zero-order valence-electron chi connectivity index (χ0n) is 15.5. The second-order valence-corrected chi connectivity index (χ2v) is 7.62. The average molecular weight is 403 g/mol. The van der Waals surface area contributed by atoms with E-state index >= 15 is 0 Å². The number of alkyl halides is 3. The van der Waals surface area contributed by atoms with Gasteiger partial charge in [0.1, 0.15) is 5.37 Å². The lowest BCUT2D eigenvalue weighted by atomic mass is 10.1. The second-order valence-electron chi connectivity index (χ2n) is 6.55. The monoisotopic (exact) mass is 403 g/mol. The molecule has 1 saturated heterocycles. The maximum absolute atomic E-state index is 12.7. The van der Waals surface area contributed by atoms with E-state index in [0.29, 0.717) is 25.2 Å². The van der Waals surface area contributed by atoms with Crippen LogP contribution in [-0.4, -0.2) is 53.2 Å². The number of amides is 3. The molecule has 0 saturated carbocycles. The number of benzene rings is 1. The summed E-state index contributed by atoms with van der Waals surface area (Å²) >= 11 is 1.38. The van der Waals surface area contributed by atoms with Gasteiger partial charge in [0.15, 0.2) is 0 Å². The highest BCUT2D eigenvalue weighted by Crippen LogP contribution is 2.39. The van der Waals surface area contributed by atoms with Crippen molar-refractivity contribution in [2.45, 2.75) is 38.4 Å². The van der Waals surface area contributed by atoms with Gasteiger partial charge in [0, 0.05) is 25.7 Å². The van der Waals surface area contributed by atoms with Gasteiger partial charge in [-0.15, -0.1) is 11.8 Å². The SMILES string of the molecule is CCN(CCN1C(=O)CS[C@@H]1c1ccc(C(F)(F)F)cc1)C(=O)NC(C)C. The molecule has 9 heteroatoms. The quantitative estimate of drug-likeness (QED) is 0.788. The molecule has 1 heterocycles. The average Bonchev–Trinajstić information content (AvgIpc) is 2.95. The van der Waals surface area contributed by atoms with Crippen molar-refractivity contribution in [1.29, 1.82) is 0 Å². The molecule has 0 unspecified atom stereocenters. The smallest absolute Gasteiger partial charge is 0.336 e. The fourth-order valence-corrected chi connectivity index (χ4v) is 4.00. The molecule has 1 aromatic rings. The molecule has 0 bridgehead atoms. The molecule has 1 aromatic carbocycles. The van der Waals surface area contributed by atoms with Gasteiger partial charge in [0.25, 0.3) is 0 Å². The summed E-state index contributed by atoms with van der Waals surface area (Å²) in [5.41, 5.74) is -0.0665. The molecule has 150 valence electrons. The van der Waals surface area contributed by atoms with Crippen molar-refractivity contribution < 1.29 is 22.8 Å². The van der Waals surface area contributed by atoms with Crippen molar-refractivity contribution in [1.82, 2.24) is 15.1 Å². The summed E-state index contributed by atoms with van der Waals surface area (Å²) in [5.74, 6) is 0.195. The third kappa shape index (κ3) is 5.54. The predicted molar refractivity (Wildman–Crippen MR) is 99.3 cm³/mol. The Morgan fingerprint density at radius 3 is 2.48 bits per heavy atom. The number of rotatable bonds is 6. The van der Waals surface area contributed by atoms with Crippen LogP contribution in [0.5, 0.6) is 0 Å². The zero-order chi connectivity index (χ0) is 20.2. The Bertz CT molecular complexity index is 665. The molecule has 0 spiro atoms. The number of hydrogen-bond acceptors (Lipinski definition) is 3. The number of thioether (sulfide) groups is 1. The molecule has 1 atom stereocenters. The minimum atomic E-state index is -4.39. The molecule has 1 N–H and O–H groups in total. The van der Waals surface area contributed by atoms with Crippen LogP contribution in [-0.2, 0) is 11.0 Å². The summed E-state index contributed by atoms with van der Waals surface area (Å²) in [6.07, 6.45) is -4.39. The molecule has 3 amide bonds. The molecule has 2 rings (SSSR count). The normalized spacial score (nSPS) is 17.5. The molecule has 5 nitrogen and oxygen atoms in total. The van der Waals surface area contributed by atoms with Crippen LogP contribution in [0.15, 0.2) is 24.3 Å². The first kappa shape index (κ1) is 21.4. The van der Waals surface area contributed by atoms with E-state index < -0.39 is 11.7 Å². The fraction of sp³-hybridized carbons (Fsp3) is 0.556. The van der Waals surface area contributed by atoms with Crippen LogP contribution in [0.25, 0.3) is 0 Å². The summed E-state index contributed by atoms with van der Waals surface area (Å²) in [6.45, 7) is 6.78. The Balaban J connectivity index is 2.06. The van der Waals surface area contributed by atoms with Gasteiger partial charge in [0.2, 0.25) is 5.91 Å². The van der Waals surface area contributed by atoms with Gasteiger partial charge < -0.3 is 15.1 Å². The minimum absolute atomic E-state index is 0.00965. The molecular weight excluding hydrogens is 379 g/mol. The van der Waals surface area contributed by atoms with Gasteiger partial charge in [-0.25, -0.2) is 4.79 Å². The Morgan fingerprint density at radius 1 is 1.33 bits per heavy atom. The van der Waals surface area contributed by atoms with Crippen molar-refractivity contribution in [3.05, 3.63) is 35.4 Å². The summed E-state index contributed by atoms with van der Waals surface area (Å²) in [5, 5.41) is 2.47. The number of halogens is 3. The Hall–Kier alpha value is -1.90. The standard InChI is InChI=1S/C18H24F3N3O2S/c1-4-23(17(26)22-12(2)3)9-10-24-15(25)11-27-16(24)13-5-7-14(8-6-13)18(19,20)21/h5-8,12,16H,4,9-11H2,1-3H3,(H,22,26)/t16-/m1/s1. The van der Waals surface area contributed by atoms with Crippen molar-refractivity contribution in [2.75, 3.05) is 25.4 Å². The van der Waals surface area contributed by atoms with Crippen molar-refractivity contribution >= 4 is 23.7 Å². The number of nitrogens with one attached hydrogen (secondary N) is 1. The first-order valence-electron chi connectivity index (χ1n) is 8.77. The van der Waals surface area contributed by atoms with E-state index in [9.17, 15) is 22.8 Å². The molecule has 1 fully saturated rings. The number of likely N-dealkylation sites (N-methyl/N-ethyl adjacent to an activating group) is 1. The van der Waals surface area contributed by atoms with Crippen LogP contribution < -0.4 is 5.32 Å². The Morgan fingerprint density at radius 2 is 1.96 bits per heavy atom. The maximum atomic E-state index is 12.7. The van der Waals surface area contributed by atoms with Crippen molar-refractivity contribution in [2.24, 2.45) is 0 Å². The fourth-order valence-electron chi connectivity index (χ4n) is 2.78. The second kappa shape index (κ2) is 8.86. The summed E-state index contributed by atoms with van der Waals surface area (Å²) in [4.78, 5) is 27.6. The molecule has 1 aliphatic heterocycles. The maximum Gasteiger partial charge on any atom is 0.416 e. The third-order valence-electron chi connectivity index (χ3n) is 4.18. The first-order valence-corrected chi connectivity index (χ1v) is 9.82. The molecular formula is C18H24F3N3O2S. The van der Waals surface area contributed by atoms with Crippen LogP contribution >= 0.6 is 11.8 Å². The summed E-state index contributed by atoms with van der Waals surface area (Å²) in [6, 6.07) is 4.70. The molecule has 0 radical (unpaired) electrons. The highest BCUT2D eigenvalue weighted by atomic mass is 32.2. The Kier molecular flexibility index (Phi) is 7.02. The van der Waals surface area contributed by atoms with E-state index in [-0.39, 0.29) is 29.1 Å². The predicted octanol–water partition coefficient (Wildman–Crippen LogP) is 3.72. The lowest BCUT2D eigenvalue weighted by molar-refractivity contribution is -0.137. The van der Waals surface area contributed by atoms with Gasteiger partial charge >= 0.3 is 12.2 Å². The van der Waals surface area contributed by atoms with E-state index in [1.165, 1.54) is 23.9 Å². The van der Waals surface area contributed by atoms with Gasteiger partial charge in [-0.1, -0.05) is 12.1 Å². The van der Waals surface area contributed by atoms with E-state index in [4.69, 9.17) is 0 Å². The Labute approximate surface area is 161 Å². The molecule has 27 heavy (non-hydrogen) atoms. The van der Waals surface area contributed by atoms with Gasteiger partial charge in [0.05, 0.1) is 11.3 Å². The first-order chi connectivity index (χ1) is 12.6. The molecule has 0 aromatic heterocycles. The topological polar surface area (TPSA) is 52.7 Å². The van der Waals surface area contributed by atoms with Gasteiger partial charge in [-0.2, -0.15) is 13.2 Å². The van der Waals surface area contributed by atoms with Gasteiger partial charge in [-0.3, -0.25) is 4.79 Å². The number of hydrogen-bond donors (Lipinski definition) is 1. The summed E-state index contributed by atoms with van der Waals surface area (Å²) < 4.78 is 38.2. The zero-order valence-corrected chi connectivity index (χ0v) is 16.4. The number of carbonyl (C=O) groups excluding carboxylic acids is 2. The van der Waals surface area contributed by atoms with Crippen LogP contribution in [0, 0.1) is 0 Å². The minimum Gasteiger partial charge on any atom is -0.336 e. The lowest BCUT2D eigenvalue weighted by Crippen LogP contribution is -2.46. The molecule has 0 aliphatic carbocycles. The van der Waals surface area contributed by atoms with Crippen molar-refractivity contribution in [3.8, 4) is 0 Å². The van der Waals surface area contributed by atoms with Crippen molar-refractivity contribution in [3.63, 3.8) is 0 Å². The highest BCUT2D eigenvalue weighted by molar-refractivity contribution is 8.00. The highest BCUT2D eigenvalue weighted by Gasteiger charge is 2.34. The number of nitrogens with zero attached hydrogens (tertiary/aromatic N) is 2. The van der Waals surface area contributed by atoms with Crippen LogP contribution in [0.1, 0.15) is 37.3 Å². The van der Waals surface area contributed by atoms with E-state index in [1.54, 1.807) is 9.80 Å². The molecule has 1 aliphatic rings. The largest absolute Gasteiger partial charge is 0.416 e. The van der Waals surface area contributed by atoms with E-state index in [2.05, 4.69) is 5.32 Å². The number of carbonyl (C=O) groups is 2. The third-order valence-corrected chi connectivity index (χ3v) is 5.44. The summed E-state index contributed by atoms with van der Waals surface area (Å²) in [7, 11) is 0. The van der Waals surface area contributed by atoms with Crippen LogP contribution in [0.4, 0.5) is 18.0 Å². The van der Waals surface area contributed by atoms with E-state index in [1.807, 2.05) is 20.8 Å². The number of urea groups is 1.